The van der Waals surface area contributed by atoms with Gasteiger partial charge < -0.3 is 46.2 Å². The topological polar surface area (TPSA) is 243 Å². The number of aliphatic hydroxyl groups excluding tert-OH is 1. The second-order valence-electron chi connectivity index (χ2n) is 9.64. The maximum Gasteiger partial charge on any atom is 0.280 e. The van der Waals surface area contributed by atoms with Crippen LogP contribution in [0.1, 0.15) is 31.9 Å². The van der Waals surface area contributed by atoms with E-state index < -0.39 is 35.7 Å². The predicted molar refractivity (Wildman–Crippen MR) is 144 cm³/mol. The molecule has 0 aliphatic carbocycles. The van der Waals surface area contributed by atoms with Crippen LogP contribution in [0.3, 0.4) is 0 Å². The van der Waals surface area contributed by atoms with Gasteiger partial charge in [-0.25, -0.2) is 4.98 Å². The molecule has 0 radical (unpaired) electrons. The molecule has 17 heteroatoms. The molecule has 3 aromatic rings. The molecule has 0 aromatic carbocycles. The highest BCUT2D eigenvalue weighted by molar-refractivity contribution is 5.70. The zero-order chi connectivity index (χ0) is 28.4. The lowest BCUT2D eigenvalue weighted by Gasteiger charge is -2.19. The maximum absolute atomic E-state index is 12.1. The van der Waals surface area contributed by atoms with E-state index in [1.165, 1.54) is 13.4 Å². The first-order valence-corrected chi connectivity index (χ1v) is 12.9. The average molecular weight is 563 g/mol. The molecule has 2 aliphatic heterocycles. The van der Waals surface area contributed by atoms with Crippen LogP contribution in [0.4, 0.5) is 23.4 Å². The van der Waals surface area contributed by atoms with Gasteiger partial charge in [0.15, 0.2) is 23.2 Å². The number of imidazole rings is 1. The number of nitrogens with zero attached hydrogens (tertiary/aromatic N) is 4. The van der Waals surface area contributed by atoms with Crippen LogP contribution in [0.5, 0.6) is 0 Å². The van der Waals surface area contributed by atoms with Gasteiger partial charge in [-0.2, -0.15) is 9.97 Å². The van der Waals surface area contributed by atoms with Gasteiger partial charge in [-0.3, -0.25) is 24.1 Å². The van der Waals surface area contributed by atoms with Gasteiger partial charge in [0.25, 0.3) is 11.1 Å². The van der Waals surface area contributed by atoms with E-state index in [0.717, 1.165) is 6.42 Å². The molecular formula is C23H34N10O7. The normalized spacial score (nSPS) is 26.5. The summed E-state index contributed by atoms with van der Waals surface area (Å²) in [7, 11) is 3.08. The number of aromatic nitrogens is 6. The Balaban J connectivity index is 1.09. The highest BCUT2D eigenvalue weighted by Crippen LogP contribution is 2.31. The number of anilines is 4. The van der Waals surface area contributed by atoms with E-state index in [2.05, 4.69) is 35.6 Å². The van der Waals surface area contributed by atoms with Crippen molar-refractivity contribution in [1.29, 1.82) is 0 Å². The molecule has 40 heavy (non-hydrogen) atoms. The fraction of sp³-hybridized carbons (Fsp3) is 0.609. The van der Waals surface area contributed by atoms with Crippen molar-refractivity contribution in [3.63, 3.8) is 0 Å². The molecule has 3 aromatic heterocycles. The van der Waals surface area contributed by atoms with E-state index in [1.54, 1.807) is 11.6 Å². The first kappa shape index (κ1) is 27.8. The second kappa shape index (κ2) is 11.8. The van der Waals surface area contributed by atoms with Gasteiger partial charge in [0.05, 0.1) is 25.1 Å². The molecule has 5 heterocycles. The van der Waals surface area contributed by atoms with Gasteiger partial charge in [0, 0.05) is 20.8 Å². The molecule has 2 saturated heterocycles. The van der Waals surface area contributed by atoms with Gasteiger partial charge in [0.2, 0.25) is 11.9 Å². The summed E-state index contributed by atoms with van der Waals surface area (Å²) in [5.41, 5.74) is 11.3. The minimum Gasteiger partial charge on any atom is -0.386 e. The van der Waals surface area contributed by atoms with Crippen molar-refractivity contribution >= 4 is 34.6 Å². The summed E-state index contributed by atoms with van der Waals surface area (Å²) in [5.74, 6) is 0.118. The molecule has 5 rings (SSSR count). The van der Waals surface area contributed by atoms with Crippen molar-refractivity contribution in [3.05, 3.63) is 27.0 Å². The Hall–Kier alpha value is -3.77. The van der Waals surface area contributed by atoms with Crippen LogP contribution >= 0.6 is 0 Å². The number of nitrogen functional groups attached to an aromatic ring is 2. The summed E-state index contributed by atoms with van der Waals surface area (Å²) >= 11 is 0. The summed E-state index contributed by atoms with van der Waals surface area (Å²) in [6, 6.07) is 0. The van der Waals surface area contributed by atoms with Crippen LogP contribution in [0.2, 0.25) is 0 Å². The van der Waals surface area contributed by atoms with E-state index in [1.807, 2.05) is 0 Å². The molecule has 0 amide bonds. The lowest BCUT2D eigenvalue weighted by molar-refractivity contribution is -0.0446. The standard InChI is InChI=1S/C23H34N10O7/c1-26-13-17(29-22(24)31-19(13)35)28-21-15(34)16(37-2)11(40-21)4-3-7-38-8-10-5-6-12(39-10)33-9-27-14-18(33)30-23(25)32-20(14)36/h9-12,15-16,21,26,34H,3-8H2,1-2H3,(H3,25,30,32,36)(H4,24,28,29,31,35). The highest BCUT2D eigenvalue weighted by atomic mass is 16.6. The Labute approximate surface area is 227 Å². The molecule has 0 saturated carbocycles. The number of aliphatic hydroxyl groups is 1. The van der Waals surface area contributed by atoms with Crippen LogP contribution in [0, 0.1) is 0 Å². The minimum absolute atomic E-state index is 0.0214. The molecule has 0 bridgehead atoms. The molecule has 218 valence electrons. The Morgan fingerprint density at radius 2 is 1.95 bits per heavy atom. The van der Waals surface area contributed by atoms with E-state index in [-0.39, 0.29) is 41.3 Å². The Morgan fingerprint density at radius 1 is 1.18 bits per heavy atom. The van der Waals surface area contributed by atoms with Crippen LogP contribution in [0.25, 0.3) is 11.2 Å². The van der Waals surface area contributed by atoms with Gasteiger partial charge in [-0.05, 0) is 25.7 Å². The van der Waals surface area contributed by atoms with Crippen molar-refractivity contribution in [2.45, 2.75) is 62.6 Å². The zero-order valence-corrected chi connectivity index (χ0v) is 22.1. The molecule has 2 fully saturated rings. The lowest BCUT2D eigenvalue weighted by Crippen LogP contribution is -2.38. The predicted octanol–water partition coefficient (Wildman–Crippen LogP) is -0.904. The number of nitrogens with one attached hydrogen (secondary N) is 4. The van der Waals surface area contributed by atoms with Crippen molar-refractivity contribution in [3.8, 4) is 0 Å². The van der Waals surface area contributed by atoms with Gasteiger partial charge in [-0.15, -0.1) is 0 Å². The largest absolute Gasteiger partial charge is 0.386 e. The third-order valence-corrected chi connectivity index (χ3v) is 7.00. The number of rotatable bonds is 11. The second-order valence-corrected chi connectivity index (χ2v) is 9.64. The molecule has 6 atom stereocenters. The summed E-state index contributed by atoms with van der Waals surface area (Å²) in [6.45, 7) is 0.848. The van der Waals surface area contributed by atoms with Gasteiger partial charge in [0.1, 0.15) is 24.1 Å². The highest BCUT2D eigenvalue weighted by Gasteiger charge is 2.44. The van der Waals surface area contributed by atoms with E-state index in [9.17, 15) is 14.7 Å². The van der Waals surface area contributed by atoms with Crippen LogP contribution in [-0.2, 0) is 18.9 Å². The van der Waals surface area contributed by atoms with Crippen molar-refractivity contribution < 1.29 is 24.1 Å². The number of nitrogens with two attached hydrogens (primary N) is 2. The number of fused-ring (bicyclic) bond motifs is 1. The smallest absolute Gasteiger partial charge is 0.280 e. The Morgan fingerprint density at radius 3 is 2.73 bits per heavy atom. The summed E-state index contributed by atoms with van der Waals surface area (Å²) in [6.07, 6.45) is 0.922. The quantitative estimate of drug-likeness (QED) is 0.140. The van der Waals surface area contributed by atoms with Gasteiger partial charge in [-0.1, -0.05) is 0 Å². The molecule has 17 nitrogen and oxygen atoms in total. The monoisotopic (exact) mass is 562 g/mol. The molecule has 9 N–H and O–H groups in total. The van der Waals surface area contributed by atoms with Crippen LogP contribution in [-0.4, -0.2) is 92.6 Å². The average Bonchev–Trinajstić information content (AvgIpc) is 3.61. The zero-order valence-electron chi connectivity index (χ0n) is 22.1. The number of hydrogen-bond donors (Lipinski definition) is 7. The van der Waals surface area contributed by atoms with Crippen molar-refractivity contribution in [2.24, 2.45) is 0 Å². The molecule has 2 aliphatic rings. The Kier molecular flexibility index (Phi) is 8.17. The summed E-state index contributed by atoms with van der Waals surface area (Å²) in [4.78, 5) is 41.4. The van der Waals surface area contributed by atoms with Crippen molar-refractivity contribution in [2.75, 3.05) is 49.5 Å². The van der Waals surface area contributed by atoms with E-state index in [4.69, 9.17) is 30.4 Å². The number of hydrogen-bond acceptors (Lipinski definition) is 14. The first-order chi connectivity index (χ1) is 19.3. The SMILES string of the molecule is CNc1c(NC2OC(CCCOCC3CCC(n4cnc5c(=O)[nH]c(N)nc54)O3)C(OC)C2O)nc(N)[nH]c1=O. The fourth-order valence-electron chi connectivity index (χ4n) is 5.11. The van der Waals surface area contributed by atoms with E-state index >= 15 is 0 Å². The first-order valence-electron chi connectivity index (χ1n) is 12.9. The summed E-state index contributed by atoms with van der Waals surface area (Å²) in [5, 5.41) is 16.5. The minimum atomic E-state index is -1.01. The fourth-order valence-corrected chi connectivity index (χ4v) is 5.11. The molecule has 0 spiro atoms. The molecule has 6 unspecified atom stereocenters. The number of aromatic amines is 2. The van der Waals surface area contributed by atoms with Crippen LogP contribution in [0.15, 0.2) is 15.9 Å². The lowest BCUT2D eigenvalue weighted by atomic mass is 10.1. The van der Waals surface area contributed by atoms with Gasteiger partial charge >= 0.3 is 0 Å². The van der Waals surface area contributed by atoms with Crippen molar-refractivity contribution in [1.82, 2.24) is 29.5 Å². The number of ether oxygens (including phenoxy) is 4. The van der Waals surface area contributed by atoms with Crippen LogP contribution < -0.4 is 33.2 Å². The Bertz CT molecular complexity index is 1440. The number of H-pyrrole nitrogens is 2. The third kappa shape index (κ3) is 5.59. The van der Waals surface area contributed by atoms with E-state index in [0.29, 0.717) is 38.1 Å². The third-order valence-electron chi connectivity index (χ3n) is 7.00. The maximum atomic E-state index is 12.1. The number of methoxy groups -OCH3 is 1. The molecular weight excluding hydrogens is 528 g/mol. The summed E-state index contributed by atoms with van der Waals surface area (Å²) < 4.78 is 25.2.